The summed E-state index contributed by atoms with van der Waals surface area (Å²) in [6.45, 7) is 4.44. The van der Waals surface area contributed by atoms with Gasteiger partial charge in [-0.3, -0.25) is 4.79 Å². The van der Waals surface area contributed by atoms with Crippen molar-refractivity contribution in [3.8, 4) is 0 Å². The summed E-state index contributed by atoms with van der Waals surface area (Å²) >= 11 is 10.1. The number of halogens is 2. The van der Waals surface area contributed by atoms with Crippen LogP contribution >= 0.6 is 27.5 Å². The molecule has 2 atom stereocenters. The van der Waals surface area contributed by atoms with Crippen molar-refractivity contribution in [1.29, 1.82) is 0 Å². The summed E-state index contributed by atoms with van der Waals surface area (Å²) in [5.41, 5.74) is 3.01. The fourth-order valence-corrected chi connectivity index (χ4v) is 3.51. The van der Waals surface area contributed by atoms with E-state index in [2.05, 4.69) is 41.2 Å². The summed E-state index contributed by atoms with van der Waals surface area (Å²) in [7, 11) is 0. The van der Waals surface area contributed by atoms with E-state index >= 15 is 0 Å². The molecule has 0 aliphatic carbocycles. The van der Waals surface area contributed by atoms with Gasteiger partial charge in [0, 0.05) is 15.5 Å². The molecule has 1 N–H and O–H groups in total. The number of rotatable bonds is 5. The number of alkyl halides is 1. The topological polar surface area (TPSA) is 29.1 Å². The summed E-state index contributed by atoms with van der Waals surface area (Å²) in [5, 5.41) is 3.56. The highest BCUT2D eigenvalue weighted by Gasteiger charge is 2.24. The maximum atomic E-state index is 11.4. The molecule has 2 nitrogen and oxygen atoms in total. The van der Waals surface area contributed by atoms with Crippen molar-refractivity contribution in [3.05, 3.63) is 28.3 Å². The van der Waals surface area contributed by atoms with Crippen molar-refractivity contribution < 1.29 is 4.79 Å². The normalized spacial score (nSPS) is 16.9. The lowest BCUT2D eigenvalue weighted by molar-refractivity contribution is -0.115. The van der Waals surface area contributed by atoms with Crippen LogP contribution in [-0.2, 0) is 11.2 Å². The van der Waals surface area contributed by atoms with Gasteiger partial charge in [0.15, 0.2) is 0 Å². The number of hydrogen-bond acceptors (Lipinski definition) is 1. The monoisotopic (exact) mass is 343 g/mol. The number of amides is 1. The predicted molar refractivity (Wildman–Crippen MR) is 84.1 cm³/mol. The third-order valence-corrected chi connectivity index (χ3v) is 5.38. The Morgan fingerprint density at radius 3 is 2.89 bits per heavy atom. The van der Waals surface area contributed by atoms with E-state index in [-0.39, 0.29) is 10.7 Å². The van der Waals surface area contributed by atoms with Crippen LogP contribution in [0.4, 0.5) is 5.69 Å². The molecule has 1 heterocycles. The van der Waals surface area contributed by atoms with Crippen LogP contribution in [0.5, 0.6) is 0 Å². The Bertz CT molecular complexity index is 489. The first kappa shape index (κ1) is 14.9. The minimum Gasteiger partial charge on any atom is -0.325 e. The number of carbonyl (C=O) groups is 1. The van der Waals surface area contributed by atoms with Gasteiger partial charge in [-0.2, -0.15) is 0 Å². The molecule has 1 aromatic carbocycles. The maximum absolute atomic E-state index is 11.4. The van der Waals surface area contributed by atoms with E-state index in [9.17, 15) is 4.79 Å². The van der Waals surface area contributed by atoms with Crippen molar-refractivity contribution in [1.82, 2.24) is 0 Å². The van der Waals surface area contributed by atoms with Crippen molar-refractivity contribution >= 4 is 39.1 Å². The molecule has 0 fully saturated rings. The summed E-state index contributed by atoms with van der Waals surface area (Å²) in [4.78, 5) is 11.6. The Hall–Kier alpha value is -0.540. The molecule has 0 saturated heterocycles. The van der Waals surface area contributed by atoms with Crippen molar-refractivity contribution in [2.45, 2.75) is 44.4 Å². The molecule has 2 rings (SSSR count). The Kier molecular flexibility index (Phi) is 4.91. The molecule has 0 bridgehead atoms. The average Bonchev–Trinajstić information content (AvgIpc) is 2.73. The third kappa shape index (κ3) is 3.32. The Balaban J connectivity index is 2.21. The van der Waals surface area contributed by atoms with Crippen LogP contribution < -0.4 is 5.32 Å². The molecule has 1 aliphatic heterocycles. The van der Waals surface area contributed by atoms with Gasteiger partial charge in [0.1, 0.15) is 0 Å². The molecule has 4 heteroatoms. The summed E-state index contributed by atoms with van der Waals surface area (Å²) in [6.07, 6.45) is 4.08. The van der Waals surface area contributed by atoms with Crippen LogP contribution in [0.25, 0.3) is 0 Å². The van der Waals surface area contributed by atoms with Crippen molar-refractivity contribution in [2.24, 2.45) is 5.92 Å². The number of hydrogen-bond donors (Lipinski definition) is 1. The standard InChI is InChI=1S/C15H19BrClNO/c1-3-4-5-9(2)15(16)11-6-10-7-14(19)18-13(10)8-12(11)17/h6,8-9,15H,3-5,7H2,1-2H3,(H,18,19). The highest BCUT2D eigenvalue weighted by molar-refractivity contribution is 9.09. The van der Waals surface area contributed by atoms with Gasteiger partial charge in [0.25, 0.3) is 0 Å². The Morgan fingerprint density at radius 2 is 2.21 bits per heavy atom. The first-order valence-corrected chi connectivity index (χ1v) is 8.08. The molecule has 1 amide bonds. The molecule has 2 unspecified atom stereocenters. The zero-order chi connectivity index (χ0) is 14.0. The first-order valence-electron chi connectivity index (χ1n) is 6.79. The smallest absolute Gasteiger partial charge is 0.228 e. The van der Waals surface area contributed by atoms with Gasteiger partial charge in [0.2, 0.25) is 5.91 Å². The zero-order valence-corrected chi connectivity index (χ0v) is 13.6. The lowest BCUT2D eigenvalue weighted by atomic mass is 9.94. The number of anilines is 1. The Morgan fingerprint density at radius 1 is 1.47 bits per heavy atom. The van der Waals surface area contributed by atoms with Crippen LogP contribution in [-0.4, -0.2) is 5.91 Å². The lowest BCUT2D eigenvalue weighted by Gasteiger charge is -2.20. The lowest BCUT2D eigenvalue weighted by Crippen LogP contribution is -2.05. The van der Waals surface area contributed by atoms with E-state index in [4.69, 9.17) is 11.6 Å². The number of carbonyl (C=O) groups excluding carboxylic acids is 1. The molecule has 0 aromatic heterocycles. The minimum absolute atomic E-state index is 0.0494. The second kappa shape index (κ2) is 6.27. The number of benzene rings is 1. The third-order valence-electron chi connectivity index (χ3n) is 3.66. The van der Waals surface area contributed by atoms with E-state index in [1.165, 1.54) is 19.3 Å². The van der Waals surface area contributed by atoms with E-state index in [0.717, 1.165) is 21.8 Å². The van der Waals surface area contributed by atoms with Gasteiger partial charge in [-0.15, -0.1) is 0 Å². The van der Waals surface area contributed by atoms with Crippen molar-refractivity contribution in [3.63, 3.8) is 0 Å². The van der Waals surface area contributed by atoms with Gasteiger partial charge < -0.3 is 5.32 Å². The maximum Gasteiger partial charge on any atom is 0.228 e. The fourth-order valence-electron chi connectivity index (χ4n) is 2.46. The summed E-state index contributed by atoms with van der Waals surface area (Å²) in [5.74, 6) is 0.578. The highest BCUT2D eigenvalue weighted by atomic mass is 79.9. The summed E-state index contributed by atoms with van der Waals surface area (Å²) in [6, 6.07) is 3.94. The van der Waals surface area contributed by atoms with Crippen LogP contribution in [0, 0.1) is 5.92 Å². The van der Waals surface area contributed by atoms with Gasteiger partial charge >= 0.3 is 0 Å². The van der Waals surface area contributed by atoms with Gasteiger partial charge in [-0.05, 0) is 29.5 Å². The van der Waals surface area contributed by atoms with Gasteiger partial charge in [-0.1, -0.05) is 60.3 Å². The van der Waals surface area contributed by atoms with E-state index in [1.54, 1.807) is 0 Å². The largest absolute Gasteiger partial charge is 0.325 e. The van der Waals surface area contributed by atoms with Crippen molar-refractivity contribution in [2.75, 3.05) is 5.32 Å². The van der Waals surface area contributed by atoms with Crippen LogP contribution in [0.2, 0.25) is 5.02 Å². The number of nitrogens with one attached hydrogen (secondary N) is 1. The zero-order valence-electron chi connectivity index (χ0n) is 11.3. The fraction of sp³-hybridized carbons (Fsp3) is 0.533. The second-order valence-electron chi connectivity index (χ2n) is 5.28. The van der Waals surface area contributed by atoms with E-state index in [1.807, 2.05) is 6.07 Å². The number of fused-ring (bicyclic) bond motifs is 1. The molecule has 1 aromatic rings. The number of unbranched alkanes of at least 4 members (excludes halogenated alkanes) is 1. The molecular weight excluding hydrogens is 326 g/mol. The van der Waals surface area contributed by atoms with Crippen LogP contribution in [0.3, 0.4) is 0 Å². The predicted octanol–water partition coefficient (Wildman–Crippen LogP) is 5.10. The quantitative estimate of drug-likeness (QED) is 0.740. The van der Waals surface area contributed by atoms with E-state index < -0.39 is 0 Å². The van der Waals surface area contributed by atoms with Gasteiger partial charge in [-0.25, -0.2) is 0 Å². The average molecular weight is 345 g/mol. The second-order valence-corrected chi connectivity index (χ2v) is 6.67. The molecule has 0 spiro atoms. The first-order chi connectivity index (χ1) is 9.02. The minimum atomic E-state index is 0.0494. The summed E-state index contributed by atoms with van der Waals surface area (Å²) < 4.78 is 0. The molecular formula is C15H19BrClNO. The Labute approximate surface area is 128 Å². The van der Waals surface area contributed by atoms with Crippen LogP contribution in [0.15, 0.2) is 12.1 Å². The molecule has 0 saturated carbocycles. The van der Waals surface area contributed by atoms with Gasteiger partial charge in [0.05, 0.1) is 6.42 Å². The highest BCUT2D eigenvalue weighted by Crippen LogP contribution is 2.40. The molecule has 19 heavy (non-hydrogen) atoms. The molecule has 104 valence electrons. The molecule has 1 aliphatic rings. The van der Waals surface area contributed by atoms with Crippen LogP contribution in [0.1, 0.15) is 49.1 Å². The SMILES string of the molecule is CCCCC(C)C(Br)c1cc2c(cc1Cl)NC(=O)C2. The molecule has 0 radical (unpaired) electrons. The van der Waals surface area contributed by atoms with E-state index in [0.29, 0.717) is 12.3 Å².